The number of rotatable bonds is 3. The quantitative estimate of drug-likeness (QED) is 0.783. The van der Waals surface area contributed by atoms with E-state index in [0.717, 1.165) is 18.7 Å². The van der Waals surface area contributed by atoms with Gasteiger partial charge in [-0.2, -0.15) is 0 Å². The van der Waals surface area contributed by atoms with Crippen molar-refractivity contribution in [1.29, 1.82) is 0 Å². The second kappa shape index (κ2) is 3.84. The molecule has 1 aromatic carbocycles. The Morgan fingerprint density at radius 2 is 2.29 bits per heavy atom. The predicted molar refractivity (Wildman–Crippen MR) is 58.6 cm³/mol. The summed E-state index contributed by atoms with van der Waals surface area (Å²) in [7, 11) is 3.68. The lowest BCUT2D eigenvalue weighted by Gasteiger charge is -2.06. The molecular weight excluding hydrogens is 174 g/mol. The summed E-state index contributed by atoms with van der Waals surface area (Å²) in [6, 6.07) is 6.28. The van der Waals surface area contributed by atoms with Crippen molar-refractivity contribution in [2.24, 2.45) is 0 Å². The molecular formula is C12H15NO. The summed E-state index contributed by atoms with van der Waals surface area (Å²) < 4.78 is 5.20. The molecule has 0 aliphatic heterocycles. The molecule has 0 amide bonds. The Bertz CT molecular complexity index is 369. The van der Waals surface area contributed by atoms with Gasteiger partial charge in [0.25, 0.3) is 0 Å². The highest BCUT2D eigenvalue weighted by molar-refractivity contribution is 5.74. The van der Waals surface area contributed by atoms with Crippen molar-refractivity contribution in [3.8, 4) is 5.75 Å². The maximum absolute atomic E-state index is 5.20. The molecule has 0 atom stereocenters. The van der Waals surface area contributed by atoms with Crippen molar-refractivity contribution in [1.82, 2.24) is 5.32 Å². The summed E-state index contributed by atoms with van der Waals surface area (Å²) in [5, 5.41) is 3.18. The largest absolute Gasteiger partial charge is 0.497 e. The average molecular weight is 189 g/mol. The number of hydrogen-bond acceptors (Lipinski definition) is 2. The SMILES string of the molecule is CNCC1=CCc2cc(OC)ccc21. The minimum absolute atomic E-state index is 0.944. The third kappa shape index (κ3) is 1.53. The molecule has 1 aliphatic rings. The molecule has 0 bridgehead atoms. The van der Waals surface area contributed by atoms with E-state index in [0.29, 0.717) is 0 Å². The Hall–Kier alpha value is -1.28. The Labute approximate surface area is 84.6 Å². The number of fused-ring (bicyclic) bond motifs is 1. The highest BCUT2D eigenvalue weighted by atomic mass is 16.5. The third-order valence-electron chi connectivity index (χ3n) is 2.59. The maximum Gasteiger partial charge on any atom is 0.119 e. The van der Waals surface area contributed by atoms with E-state index in [1.54, 1.807) is 7.11 Å². The van der Waals surface area contributed by atoms with Crippen molar-refractivity contribution < 1.29 is 4.74 Å². The number of allylic oxidation sites excluding steroid dienone is 1. The molecule has 74 valence electrons. The van der Waals surface area contributed by atoms with Gasteiger partial charge in [0.1, 0.15) is 5.75 Å². The van der Waals surface area contributed by atoms with E-state index in [1.807, 2.05) is 13.1 Å². The third-order valence-corrected chi connectivity index (χ3v) is 2.59. The van der Waals surface area contributed by atoms with Gasteiger partial charge < -0.3 is 10.1 Å². The topological polar surface area (TPSA) is 21.3 Å². The van der Waals surface area contributed by atoms with Crippen LogP contribution < -0.4 is 10.1 Å². The van der Waals surface area contributed by atoms with Crippen LogP contribution in [0.5, 0.6) is 5.75 Å². The first-order chi connectivity index (χ1) is 6.85. The van der Waals surface area contributed by atoms with Crippen molar-refractivity contribution in [2.75, 3.05) is 20.7 Å². The summed E-state index contributed by atoms with van der Waals surface area (Å²) in [5.74, 6) is 0.947. The summed E-state index contributed by atoms with van der Waals surface area (Å²) >= 11 is 0. The Balaban J connectivity index is 2.29. The van der Waals surface area contributed by atoms with Gasteiger partial charge in [0.05, 0.1) is 7.11 Å². The molecule has 1 aliphatic carbocycles. The van der Waals surface area contributed by atoms with Crippen molar-refractivity contribution in [3.63, 3.8) is 0 Å². The smallest absolute Gasteiger partial charge is 0.119 e. The minimum atomic E-state index is 0.944. The zero-order valence-electron chi connectivity index (χ0n) is 8.63. The summed E-state index contributed by atoms with van der Waals surface area (Å²) in [6.45, 7) is 0.944. The Morgan fingerprint density at radius 1 is 1.43 bits per heavy atom. The van der Waals surface area contributed by atoms with Crippen LogP contribution in [0, 0.1) is 0 Å². The van der Waals surface area contributed by atoms with E-state index in [-0.39, 0.29) is 0 Å². The average Bonchev–Trinajstić information content (AvgIpc) is 2.61. The van der Waals surface area contributed by atoms with Gasteiger partial charge in [0, 0.05) is 6.54 Å². The predicted octanol–water partition coefficient (Wildman–Crippen LogP) is 1.85. The molecule has 0 radical (unpaired) electrons. The first kappa shape index (κ1) is 9.28. The maximum atomic E-state index is 5.20. The standard InChI is InChI=1S/C12H15NO/c1-13-8-10-4-3-9-7-11(14-2)5-6-12(9)10/h4-7,13H,3,8H2,1-2H3. The molecule has 2 rings (SSSR count). The number of benzene rings is 1. The second-order valence-electron chi connectivity index (χ2n) is 3.49. The van der Waals surface area contributed by atoms with Crippen molar-refractivity contribution >= 4 is 5.57 Å². The van der Waals surface area contributed by atoms with Crippen LogP contribution in [0.15, 0.2) is 24.3 Å². The fourth-order valence-electron chi connectivity index (χ4n) is 1.88. The van der Waals surface area contributed by atoms with Crippen molar-refractivity contribution in [2.45, 2.75) is 6.42 Å². The number of methoxy groups -OCH3 is 1. The van der Waals surface area contributed by atoms with Crippen LogP contribution in [0.1, 0.15) is 11.1 Å². The zero-order chi connectivity index (χ0) is 9.97. The van der Waals surface area contributed by atoms with E-state index in [4.69, 9.17) is 4.74 Å². The van der Waals surface area contributed by atoms with Gasteiger partial charge in [-0.1, -0.05) is 12.1 Å². The van der Waals surface area contributed by atoms with Crippen LogP contribution in [0.25, 0.3) is 5.57 Å². The molecule has 0 saturated heterocycles. The minimum Gasteiger partial charge on any atom is -0.497 e. The monoisotopic (exact) mass is 189 g/mol. The van der Waals surface area contributed by atoms with Crippen LogP contribution in [0.3, 0.4) is 0 Å². The van der Waals surface area contributed by atoms with Gasteiger partial charge in [0.2, 0.25) is 0 Å². The lowest BCUT2D eigenvalue weighted by molar-refractivity contribution is 0.414. The lowest BCUT2D eigenvalue weighted by atomic mass is 10.1. The van der Waals surface area contributed by atoms with Crippen LogP contribution >= 0.6 is 0 Å². The molecule has 1 N–H and O–H groups in total. The molecule has 0 spiro atoms. The van der Waals surface area contributed by atoms with Gasteiger partial charge in [-0.25, -0.2) is 0 Å². The van der Waals surface area contributed by atoms with Gasteiger partial charge in [-0.15, -0.1) is 0 Å². The van der Waals surface area contributed by atoms with Crippen LogP contribution in [0.2, 0.25) is 0 Å². The van der Waals surface area contributed by atoms with E-state index in [9.17, 15) is 0 Å². The number of ether oxygens (including phenoxy) is 1. The summed E-state index contributed by atoms with van der Waals surface area (Å²) in [4.78, 5) is 0. The van der Waals surface area contributed by atoms with Gasteiger partial charge in [-0.05, 0) is 42.3 Å². The van der Waals surface area contributed by atoms with Crippen LogP contribution in [-0.2, 0) is 6.42 Å². The summed E-state index contributed by atoms with van der Waals surface area (Å²) in [5.41, 5.74) is 4.12. The molecule has 0 heterocycles. The molecule has 0 saturated carbocycles. The van der Waals surface area contributed by atoms with E-state index >= 15 is 0 Å². The molecule has 2 heteroatoms. The van der Waals surface area contributed by atoms with Gasteiger partial charge >= 0.3 is 0 Å². The van der Waals surface area contributed by atoms with E-state index < -0.39 is 0 Å². The number of hydrogen-bond donors (Lipinski definition) is 1. The first-order valence-electron chi connectivity index (χ1n) is 4.86. The van der Waals surface area contributed by atoms with Crippen LogP contribution in [-0.4, -0.2) is 20.7 Å². The highest BCUT2D eigenvalue weighted by Crippen LogP contribution is 2.29. The van der Waals surface area contributed by atoms with Crippen LogP contribution in [0.4, 0.5) is 0 Å². The van der Waals surface area contributed by atoms with E-state index in [2.05, 4.69) is 23.5 Å². The fourth-order valence-corrected chi connectivity index (χ4v) is 1.88. The molecule has 0 unspecified atom stereocenters. The number of nitrogens with one attached hydrogen (secondary N) is 1. The molecule has 1 aromatic rings. The fraction of sp³-hybridized carbons (Fsp3) is 0.333. The molecule has 0 aromatic heterocycles. The molecule has 0 fully saturated rings. The zero-order valence-corrected chi connectivity index (χ0v) is 8.63. The van der Waals surface area contributed by atoms with Crippen molar-refractivity contribution in [3.05, 3.63) is 35.4 Å². The molecule has 2 nitrogen and oxygen atoms in total. The first-order valence-corrected chi connectivity index (χ1v) is 4.86. The van der Waals surface area contributed by atoms with Gasteiger partial charge in [-0.3, -0.25) is 0 Å². The Morgan fingerprint density at radius 3 is 3.00 bits per heavy atom. The normalized spacial score (nSPS) is 13.7. The number of likely N-dealkylation sites (N-methyl/N-ethyl adjacent to an activating group) is 1. The lowest BCUT2D eigenvalue weighted by Crippen LogP contribution is -2.08. The highest BCUT2D eigenvalue weighted by Gasteiger charge is 2.13. The second-order valence-corrected chi connectivity index (χ2v) is 3.49. The van der Waals surface area contributed by atoms with Gasteiger partial charge in [0.15, 0.2) is 0 Å². The summed E-state index contributed by atoms with van der Waals surface area (Å²) in [6.07, 6.45) is 3.31. The molecule has 14 heavy (non-hydrogen) atoms. The van der Waals surface area contributed by atoms with E-state index in [1.165, 1.54) is 16.7 Å². The Kier molecular flexibility index (Phi) is 2.55.